The van der Waals surface area contributed by atoms with E-state index in [1.807, 2.05) is 55.6 Å². The topological polar surface area (TPSA) is 62.2 Å². The lowest BCUT2D eigenvalue weighted by Crippen LogP contribution is -2.30. The van der Waals surface area contributed by atoms with Gasteiger partial charge in [0.15, 0.2) is 0 Å². The molecule has 1 atom stereocenters. The Morgan fingerprint density at radius 1 is 1.08 bits per heavy atom. The Kier molecular flexibility index (Phi) is 5.44. The molecule has 2 N–H and O–H groups in total. The number of aliphatic hydroxyl groups is 1. The second kappa shape index (κ2) is 7.93. The van der Waals surface area contributed by atoms with E-state index >= 15 is 0 Å². The number of aromatic nitrogens is 1. The molecule has 1 amide bonds. The summed E-state index contributed by atoms with van der Waals surface area (Å²) >= 11 is 0. The lowest BCUT2D eigenvalue weighted by atomic mass is 9.97. The number of carbonyl (C=O) groups excluding carboxylic acids is 1. The summed E-state index contributed by atoms with van der Waals surface area (Å²) in [5.74, 6) is -0.192. The van der Waals surface area contributed by atoms with E-state index in [2.05, 4.69) is 16.4 Å². The van der Waals surface area contributed by atoms with E-state index in [-0.39, 0.29) is 12.5 Å². The second-order valence-electron chi connectivity index (χ2n) is 6.41. The predicted molar refractivity (Wildman–Crippen MR) is 104 cm³/mol. The van der Waals surface area contributed by atoms with Crippen LogP contribution in [0.1, 0.15) is 22.8 Å². The molecule has 4 heteroatoms. The number of carbonyl (C=O) groups is 1. The highest BCUT2D eigenvalue weighted by Crippen LogP contribution is 2.31. The van der Waals surface area contributed by atoms with E-state index in [9.17, 15) is 9.90 Å². The van der Waals surface area contributed by atoms with Gasteiger partial charge in [-0.3, -0.25) is 9.78 Å². The van der Waals surface area contributed by atoms with Crippen LogP contribution in [0, 0.1) is 6.92 Å². The highest BCUT2D eigenvalue weighted by atomic mass is 16.3. The molecule has 0 radical (unpaired) electrons. The van der Waals surface area contributed by atoms with E-state index in [0.29, 0.717) is 5.56 Å². The molecule has 2 aromatic carbocycles. The van der Waals surface area contributed by atoms with Crippen LogP contribution in [0.15, 0.2) is 66.9 Å². The first-order valence-corrected chi connectivity index (χ1v) is 8.63. The van der Waals surface area contributed by atoms with Gasteiger partial charge >= 0.3 is 0 Å². The number of aryl methyl sites for hydroxylation is 1. The minimum Gasteiger partial charge on any atom is -0.392 e. The monoisotopic (exact) mass is 346 g/mol. The molecule has 1 heterocycles. The second-order valence-corrected chi connectivity index (χ2v) is 6.41. The lowest BCUT2D eigenvalue weighted by Gasteiger charge is -2.11. The van der Waals surface area contributed by atoms with Crippen LogP contribution in [0.2, 0.25) is 0 Å². The van der Waals surface area contributed by atoms with Crippen LogP contribution >= 0.6 is 0 Å². The molecule has 0 fully saturated rings. The smallest absolute Gasteiger partial charge is 0.251 e. The number of amides is 1. The Bertz CT molecular complexity index is 888. The van der Waals surface area contributed by atoms with E-state index in [1.54, 1.807) is 19.1 Å². The van der Waals surface area contributed by atoms with Crippen molar-refractivity contribution in [3.63, 3.8) is 0 Å². The van der Waals surface area contributed by atoms with Gasteiger partial charge < -0.3 is 10.4 Å². The Hall–Kier alpha value is -2.98. The minimum absolute atomic E-state index is 0.192. The predicted octanol–water partition coefficient (Wildman–Crippen LogP) is 3.83. The van der Waals surface area contributed by atoms with Gasteiger partial charge in [-0.05, 0) is 43.2 Å². The highest BCUT2D eigenvalue weighted by Gasteiger charge is 2.11. The average Bonchev–Trinajstić information content (AvgIpc) is 2.67. The maximum atomic E-state index is 12.1. The Balaban J connectivity index is 1.92. The van der Waals surface area contributed by atoms with Gasteiger partial charge in [-0.15, -0.1) is 0 Å². The third-order valence-corrected chi connectivity index (χ3v) is 4.09. The normalized spacial score (nSPS) is 11.8. The van der Waals surface area contributed by atoms with E-state index in [4.69, 9.17) is 0 Å². The summed E-state index contributed by atoms with van der Waals surface area (Å²) in [6.45, 7) is 3.89. The standard InChI is InChI=1S/C22H22N2O2/c1-15-12-20(21(23-13-15)18-6-4-3-5-7-18)17-8-10-19(11-9-17)22(26)24-14-16(2)25/h3-13,16,25H,14H2,1-2H3,(H,24,26)/t16-/m1/s1. The zero-order valence-corrected chi connectivity index (χ0v) is 14.9. The number of pyridine rings is 1. The SMILES string of the molecule is Cc1cnc(-c2ccccc2)c(-c2ccc(C(=O)NC[C@@H](C)O)cc2)c1. The van der Waals surface area contributed by atoms with Gasteiger partial charge in [-0.25, -0.2) is 0 Å². The molecular weight excluding hydrogens is 324 g/mol. The van der Waals surface area contributed by atoms with E-state index < -0.39 is 6.10 Å². The van der Waals surface area contributed by atoms with Crippen LogP contribution < -0.4 is 5.32 Å². The minimum atomic E-state index is -0.565. The summed E-state index contributed by atoms with van der Waals surface area (Å²) in [5.41, 5.74) is 5.66. The Labute approximate surface area is 153 Å². The molecule has 0 unspecified atom stereocenters. The van der Waals surface area contributed by atoms with Crippen molar-refractivity contribution in [2.75, 3.05) is 6.54 Å². The van der Waals surface area contributed by atoms with Crippen LogP contribution in [0.5, 0.6) is 0 Å². The Morgan fingerprint density at radius 3 is 2.42 bits per heavy atom. The number of benzene rings is 2. The number of nitrogens with zero attached hydrogens (tertiary/aromatic N) is 1. The molecule has 132 valence electrons. The van der Waals surface area contributed by atoms with E-state index in [1.165, 1.54) is 0 Å². The molecule has 26 heavy (non-hydrogen) atoms. The van der Waals surface area contributed by atoms with Gasteiger partial charge in [-0.1, -0.05) is 42.5 Å². The summed E-state index contributed by atoms with van der Waals surface area (Å²) in [6.07, 6.45) is 1.30. The van der Waals surface area contributed by atoms with Crippen LogP contribution in [-0.4, -0.2) is 28.6 Å². The quantitative estimate of drug-likeness (QED) is 0.738. The molecule has 4 nitrogen and oxygen atoms in total. The van der Waals surface area contributed by atoms with Gasteiger partial charge in [-0.2, -0.15) is 0 Å². The van der Waals surface area contributed by atoms with Crippen LogP contribution in [0.25, 0.3) is 22.4 Å². The Morgan fingerprint density at radius 2 is 1.77 bits per heavy atom. The summed E-state index contributed by atoms with van der Waals surface area (Å²) in [5, 5.41) is 12.0. The van der Waals surface area contributed by atoms with Crippen molar-refractivity contribution >= 4 is 5.91 Å². The molecule has 0 aliphatic heterocycles. The largest absolute Gasteiger partial charge is 0.392 e. The van der Waals surface area contributed by atoms with Crippen LogP contribution in [0.4, 0.5) is 0 Å². The van der Waals surface area contributed by atoms with Gasteiger partial charge in [0.25, 0.3) is 5.91 Å². The first-order valence-electron chi connectivity index (χ1n) is 8.63. The number of hydrogen-bond donors (Lipinski definition) is 2. The maximum Gasteiger partial charge on any atom is 0.251 e. The van der Waals surface area contributed by atoms with E-state index in [0.717, 1.165) is 27.9 Å². The van der Waals surface area contributed by atoms with Gasteiger partial charge in [0.05, 0.1) is 11.8 Å². The lowest BCUT2D eigenvalue weighted by molar-refractivity contribution is 0.0924. The fourth-order valence-corrected chi connectivity index (χ4v) is 2.76. The van der Waals surface area contributed by atoms with Gasteiger partial charge in [0.2, 0.25) is 0 Å². The maximum absolute atomic E-state index is 12.1. The van der Waals surface area contributed by atoms with Crippen molar-refractivity contribution in [3.8, 4) is 22.4 Å². The molecule has 0 spiro atoms. The molecule has 0 aliphatic rings. The first-order chi connectivity index (χ1) is 12.5. The van der Waals surface area contributed by atoms with Crippen molar-refractivity contribution in [2.45, 2.75) is 20.0 Å². The number of nitrogens with one attached hydrogen (secondary N) is 1. The van der Waals surface area contributed by atoms with Crippen molar-refractivity contribution in [3.05, 3.63) is 78.0 Å². The molecule has 0 aliphatic carbocycles. The molecular formula is C22H22N2O2. The third kappa shape index (κ3) is 4.16. The number of hydrogen-bond acceptors (Lipinski definition) is 3. The fraction of sp³-hybridized carbons (Fsp3) is 0.182. The van der Waals surface area contributed by atoms with Crippen molar-refractivity contribution in [1.82, 2.24) is 10.3 Å². The van der Waals surface area contributed by atoms with Crippen molar-refractivity contribution in [1.29, 1.82) is 0 Å². The zero-order chi connectivity index (χ0) is 18.5. The molecule has 3 rings (SSSR count). The van der Waals surface area contributed by atoms with Crippen LogP contribution in [0.3, 0.4) is 0 Å². The van der Waals surface area contributed by atoms with Gasteiger partial charge in [0.1, 0.15) is 0 Å². The molecule has 0 saturated heterocycles. The number of rotatable bonds is 5. The van der Waals surface area contributed by atoms with Crippen molar-refractivity contribution < 1.29 is 9.90 Å². The summed E-state index contributed by atoms with van der Waals surface area (Å²) in [6, 6.07) is 19.6. The zero-order valence-electron chi connectivity index (χ0n) is 14.9. The summed E-state index contributed by atoms with van der Waals surface area (Å²) < 4.78 is 0. The molecule has 1 aromatic heterocycles. The average molecular weight is 346 g/mol. The van der Waals surface area contributed by atoms with Crippen LogP contribution in [-0.2, 0) is 0 Å². The van der Waals surface area contributed by atoms with Crippen molar-refractivity contribution in [2.24, 2.45) is 0 Å². The number of aliphatic hydroxyl groups excluding tert-OH is 1. The highest BCUT2D eigenvalue weighted by molar-refractivity contribution is 5.95. The summed E-state index contributed by atoms with van der Waals surface area (Å²) in [7, 11) is 0. The molecule has 3 aromatic rings. The fourth-order valence-electron chi connectivity index (χ4n) is 2.76. The molecule has 0 bridgehead atoms. The first kappa shape index (κ1) is 17.8. The molecule has 0 saturated carbocycles. The third-order valence-electron chi connectivity index (χ3n) is 4.09. The van der Waals surface area contributed by atoms with Gasteiger partial charge in [0, 0.05) is 29.4 Å². The summed E-state index contributed by atoms with van der Waals surface area (Å²) in [4.78, 5) is 16.7.